The first-order valence-electron chi connectivity index (χ1n) is 12.1. The van der Waals surface area contributed by atoms with Crippen molar-refractivity contribution >= 4 is 0 Å². The lowest BCUT2D eigenvalue weighted by molar-refractivity contribution is 0.174. The number of aliphatic hydroxyl groups excluding tert-OH is 2. The molecule has 3 unspecified atom stereocenters. The lowest BCUT2D eigenvalue weighted by Gasteiger charge is -2.26. The van der Waals surface area contributed by atoms with E-state index in [9.17, 15) is 10.2 Å². The predicted molar refractivity (Wildman–Crippen MR) is 140 cm³/mol. The molecule has 0 spiro atoms. The molecule has 0 fully saturated rings. The maximum atomic E-state index is 10.7. The van der Waals surface area contributed by atoms with Crippen molar-refractivity contribution in [1.29, 1.82) is 0 Å². The van der Waals surface area contributed by atoms with Crippen LogP contribution in [0.1, 0.15) is 67.2 Å². The molecule has 1 aliphatic carbocycles. The molecule has 32 heavy (non-hydrogen) atoms. The number of allylic oxidation sites excluding steroid dienone is 11. The summed E-state index contributed by atoms with van der Waals surface area (Å²) < 4.78 is 0. The van der Waals surface area contributed by atoms with Crippen LogP contribution in [0.3, 0.4) is 0 Å². The second kappa shape index (κ2) is 15.6. The van der Waals surface area contributed by atoms with E-state index in [1.807, 2.05) is 26.8 Å². The molecule has 0 amide bonds. The van der Waals surface area contributed by atoms with Crippen LogP contribution in [0.15, 0.2) is 94.7 Å². The largest absolute Gasteiger partial charge is 0.395 e. The summed E-state index contributed by atoms with van der Waals surface area (Å²) in [5.74, 6) is -0.00898. The predicted octanol–water partition coefficient (Wildman–Crippen LogP) is 7.57. The molecule has 2 nitrogen and oxygen atoms in total. The zero-order valence-electron chi connectivity index (χ0n) is 21.0. The van der Waals surface area contributed by atoms with Gasteiger partial charge in [-0.25, -0.2) is 0 Å². The molecule has 0 heterocycles. The van der Waals surface area contributed by atoms with Gasteiger partial charge in [-0.15, -0.1) is 0 Å². The smallest absolute Gasteiger partial charge is 0.0850 e. The molecular formula is C30H44O2. The molecule has 0 aromatic heterocycles. The van der Waals surface area contributed by atoms with Crippen molar-refractivity contribution in [2.45, 2.75) is 73.3 Å². The van der Waals surface area contributed by atoms with Crippen molar-refractivity contribution in [2.75, 3.05) is 6.61 Å². The van der Waals surface area contributed by atoms with Gasteiger partial charge in [0, 0.05) is 11.8 Å². The summed E-state index contributed by atoms with van der Waals surface area (Å²) in [4.78, 5) is 0. The highest BCUT2D eigenvalue weighted by molar-refractivity contribution is 5.49. The van der Waals surface area contributed by atoms with E-state index < -0.39 is 6.10 Å². The minimum atomic E-state index is -0.480. The topological polar surface area (TPSA) is 40.5 Å². The van der Waals surface area contributed by atoms with Crippen LogP contribution in [-0.4, -0.2) is 22.9 Å². The standard InChI is InChI=1S/C30H44O2/c1-7-12-15-24(10-4)17-18-26(20-29(22-31)25(11-5)14-9-3)28-19-23(6)30(32)27(21-28)16-13-8-2/h7,9,11-16,19-21,23,29-32H,8,10,17-18,22H2,1-6H3/b12-7-,14-9-,16-13+,24-15+,25-11+,26-20+. The molecule has 0 saturated carbocycles. The third kappa shape index (κ3) is 8.76. The Bertz CT molecular complexity index is 812. The molecule has 0 radical (unpaired) electrons. The summed E-state index contributed by atoms with van der Waals surface area (Å²) >= 11 is 0. The zero-order valence-corrected chi connectivity index (χ0v) is 21.0. The fraction of sp³-hybridized carbons (Fsp3) is 0.467. The SMILES string of the molecule is C/C=C\C=C(/CC)CC/C(=C\C(CO)C(/C=C\C)=C/C)C1=CC(C)C(O)C(/C=C/CC)=C1. The summed E-state index contributed by atoms with van der Waals surface area (Å²) in [6.07, 6.45) is 26.6. The highest BCUT2D eigenvalue weighted by Gasteiger charge is 2.22. The average Bonchev–Trinajstić information content (AvgIpc) is 2.80. The summed E-state index contributed by atoms with van der Waals surface area (Å²) in [5, 5.41) is 20.9. The van der Waals surface area contributed by atoms with Crippen LogP contribution < -0.4 is 0 Å². The number of aliphatic hydroxyl groups is 2. The van der Waals surface area contributed by atoms with Crippen LogP contribution in [0.5, 0.6) is 0 Å². The third-order valence-corrected chi connectivity index (χ3v) is 5.93. The van der Waals surface area contributed by atoms with Gasteiger partial charge in [-0.1, -0.05) is 87.1 Å². The fourth-order valence-corrected chi connectivity index (χ4v) is 3.94. The monoisotopic (exact) mass is 436 g/mol. The normalized spacial score (nSPS) is 22.2. The van der Waals surface area contributed by atoms with E-state index in [1.54, 1.807) is 0 Å². The summed E-state index contributed by atoms with van der Waals surface area (Å²) in [5.41, 5.74) is 5.88. The third-order valence-electron chi connectivity index (χ3n) is 5.93. The second-order valence-electron chi connectivity index (χ2n) is 8.35. The van der Waals surface area contributed by atoms with Gasteiger partial charge in [-0.2, -0.15) is 0 Å². The van der Waals surface area contributed by atoms with Crippen LogP contribution in [-0.2, 0) is 0 Å². The van der Waals surface area contributed by atoms with Crippen LogP contribution in [0, 0.1) is 11.8 Å². The van der Waals surface area contributed by atoms with Crippen LogP contribution in [0.4, 0.5) is 0 Å². The Morgan fingerprint density at radius 3 is 2.44 bits per heavy atom. The Morgan fingerprint density at radius 2 is 1.88 bits per heavy atom. The van der Waals surface area contributed by atoms with Crippen molar-refractivity contribution in [3.05, 3.63) is 94.7 Å². The Kier molecular flexibility index (Phi) is 13.6. The van der Waals surface area contributed by atoms with Gasteiger partial charge in [0.15, 0.2) is 0 Å². The lowest BCUT2D eigenvalue weighted by atomic mass is 9.82. The van der Waals surface area contributed by atoms with Crippen molar-refractivity contribution in [1.82, 2.24) is 0 Å². The summed E-state index contributed by atoms with van der Waals surface area (Å²) in [6, 6.07) is 0. The maximum Gasteiger partial charge on any atom is 0.0850 e. The van der Waals surface area contributed by atoms with Crippen molar-refractivity contribution in [2.24, 2.45) is 11.8 Å². The number of rotatable bonds is 12. The van der Waals surface area contributed by atoms with Crippen LogP contribution in [0.25, 0.3) is 0 Å². The highest BCUT2D eigenvalue weighted by atomic mass is 16.3. The number of hydrogen-bond donors (Lipinski definition) is 2. The molecule has 1 rings (SSSR count). The van der Waals surface area contributed by atoms with Crippen molar-refractivity contribution < 1.29 is 10.2 Å². The van der Waals surface area contributed by atoms with Gasteiger partial charge in [-0.05, 0) is 74.8 Å². The highest BCUT2D eigenvalue weighted by Crippen LogP contribution is 2.32. The van der Waals surface area contributed by atoms with Crippen LogP contribution >= 0.6 is 0 Å². The first-order valence-corrected chi connectivity index (χ1v) is 12.1. The Balaban J connectivity index is 3.45. The van der Waals surface area contributed by atoms with E-state index in [0.29, 0.717) is 0 Å². The molecular weight excluding hydrogens is 392 g/mol. The molecule has 0 aromatic rings. The maximum absolute atomic E-state index is 10.7. The molecule has 0 aliphatic heterocycles. The zero-order chi connectivity index (χ0) is 23.9. The molecule has 0 bridgehead atoms. The van der Waals surface area contributed by atoms with Gasteiger partial charge in [0.05, 0.1) is 12.7 Å². The van der Waals surface area contributed by atoms with E-state index in [0.717, 1.165) is 42.4 Å². The minimum absolute atomic E-state index is 0.0448. The van der Waals surface area contributed by atoms with Gasteiger partial charge >= 0.3 is 0 Å². The quantitative estimate of drug-likeness (QED) is 0.310. The van der Waals surface area contributed by atoms with E-state index in [-0.39, 0.29) is 18.4 Å². The summed E-state index contributed by atoms with van der Waals surface area (Å²) in [6.45, 7) is 12.5. The van der Waals surface area contributed by atoms with E-state index in [4.69, 9.17) is 0 Å². The van der Waals surface area contributed by atoms with E-state index in [2.05, 4.69) is 81.5 Å². The van der Waals surface area contributed by atoms with Gasteiger partial charge in [0.25, 0.3) is 0 Å². The Hall–Kier alpha value is -2.16. The van der Waals surface area contributed by atoms with E-state index in [1.165, 1.54) is 11.1 Å². The molecule has 3 atom stereocenters. The van der Waals surface area contributed by atoms with E-state index >= 15 is 0 Å². The fourth-order valence-electron chi connectivity index (χ4n) is 3.94. The molecule has 2 heteroatoms. The Morgan fingerprint density at radius 1 is 1.12 bits per heavy atom. The van der Waals surface area contributed by atoms with Gasteiger partial charge in [0.2, 0.25) is 0 Å². The van der Waals surface area contributed by atoms with Gasteiger partial charge in [0.1, 0.15) is 0 Å². The molecule has 2 N–H and O–H groups in total. The van der Waals surface area contributed by atoms with Gasteiger partial charge < -0.3 is 10.2 Å². The van der Waals surface area contributed by atoms with Crippen LogP contribution in [0.2, 0.25) is 0 Å². The second-order valence-corrected chi connectivity index (χ2v) is 8.35. The average molecular weight is 437 g/mol. The van der Waals surface area contributed by atoms with Crippen molar-refractivity contribution in [3.63, 3.8) is 0 Å². The molecule has 0 aromatic carbocycles. The lowest BCUT2D eigenvalue weighted by Crippen LogP contribution is -2.21. The molecule has 1 aliphatic rings. The summed E-state index contributed by atoms with van der Waals surface area (Å²) in [7, 11) is 0. The number of hydrogen-bond acceptors (Lipinski definition) is 2. The first-order chi connectivity index (χ1) is 15.4. The van der Waals surface area contributed by atoms with Crippen molar-refractivity contribution in [3.8, 4) is 0 Å². The van der Waals surface area contributed by atoms with Gasteiger partial charge in [-0.3, -0.25) is 0 Å². The first kappa shape index (κ1) is 27.9. The minimum Gasteiger partial charge on any atom is -0.395 e. The Labute approximate surface area is 196 Å². The molecule has 0 saturated heterocycles. The molecule has 176 valence electrons.